The predicted molar refractivity (Wildman–Crippen MR) is 79.6 cm³/mol. The molecule has 0 radical (unpaired) electrons. The second-order valence-electron chi connectivity index (χ2n) is 5.28. The molecule has 112 valence electrons. The van der Waals surface area contributed by atoms with Gasteiger partial charge in [0.15, 0.2) is 0 Å². The van der Waals surface area contributed by atoms with Gasteiger partial charge in [0.1, 0.15) is 17.4 Å². The first-order chi connectivity index (χ1) is 9.85. The van der Waals surface area contributed by atoms with Crippen LogP contribution in [0.5, 0.6) is 5.75 Å². The predicted octanol–water partition coefficient (Wildman–Crippen LogP) is 3.95. The van der Waals surface area contributed by atoms with Gasteiger partial charge in [-0.1, -0.05) is 6.07 Å². The Kier molecular flexibility index (Phi) is 4.28. The third-order valence-electron chi connectivity index (χ3n) is 3.73. The Balaban J connectivity index is 2.52. The highest BCUT2D eigenvalue weighted by Gasteiger charge is 2.18. The Morgan fingerprint density at radius 3 is 2.10 bits per heavy atom. The van der Waals surface area contributed by atoms with Gasteiger partial charge in [-0.15, -0.1) is 0 Å². The molecule has 0 heterocycles. The Morgan fingerprint density at radius 1 is 0.857 bits per heavy atom. The van der Waals surface area contributed by atoms with Crippen molar-refractivity contribution < 1.29 is 13.5 Å². The SMILES string of the molecule is COc1cc(C)c(C(N)c2cc(C)c(F)cc2F)cc1C. The van der Waals surface area contributed by atoms with Crippen molar-refractivity contribution in [2.75, 3.05) is 7.11 Å². The smallest absolute Gasteiger partial charge is 0.131 e. The van der Waals surface area contributed by atoms with Crippen LogP contribution in [0.2, 0.25) is 0 Å². The third kappa shape index (κ3) is 2.90. The minimum Gasteiger partial charge on any atom is -0.496 e. The lowest BCUT2D eigenvalue weighted by molar-refractivity contribution is 0.411. The van der Waals surface area contributed by atoms with Crippen LogP contribution in [0.15, 0.2) is 24.3 Å². The van der Waals surface area contributed by atoms with Gasteiger partial charge in [-0.3, -0.25) is 0 Å². The number of aryl methyl sites for hydroxylation is 3. The summed E-state index contributed by atoms with van der Waals surface area (Å²) in [7, 11) is 1.60. The second-order valence-corrected chi connectivity index (χ2v) is 5.28. The maximum absolute atomic E-state index is 14.0. The normalized spacial score (nSPS) is 12.3. The molecule has 0 spiro atoms. The zero-order valence-corrected chi connectivity index (χ0v) is 12.6. The van der Waals surface area contributed by atoms with Crippen LogP contribution in [0.4, 0.5) is 8.78 Å². The first-order valence-corrected chi connectivity index (χ1v) is 6.71. The highest BCUT2D eigenvalue weighted by atomic mass is 19.1. The summed E-state index contributed by atoms with van der Waals surface area (Å²) in [6, 6.07) is 5.47. The average molecular weight is 291 g/mol. The Bertz CT molecular complexity index is 683. The standard InChI is InChI=1S/C17H19F2NO/c1-9-7-16(21-4)11(3)6-12(9)17(20)13-5-10(2)14(18)8-15(13)19/h5-8,17H,20H2,1-4H3. The summed E-state index contributed by atoms with van der Waals surface area (Å²) in [5, 5.41) is 0. The van der Waals surface area contributed by atoms with Crippen molar-refractivity contribution in [1.29, 1.82) is 0 Å². The third-order valence-corrected chi connectivity index (χ3v) is 3.73. The number of methoxy groups -OCH3 is 1. The zero-order valence-electron chi connectivity index (χ0n) is 12.6. The molecule has 0 aliphatic rings. The van der Waals surface area contributed by atoms with Crippen LogP contribution >= 0.6 is 0 Å². The van der Waals surface area contributed by atoms with Gasteiger partial charge < -0.3 is 10.5 Å². The molecule has 1 atom stereocenters. The Labute approximate surface area is 123 Å². The summed E-state index contributed by atoms with van der Waals surface area (Å²) < 4.78 is 32.6. The minimum absolute atomic E-state index is 0.293. The number of hydrogen-bond donors (Lipinski definition) is 1. The molecule has 2 nitrogen and oxygen atoms in total. The van der Waals surface area contributed by atoms with Crippen molar-refractivity contribution in [1.82, 2.24) is 0 Å². The van der Waals surface area contributed by atoms with Crippen LogP contribution in [0, 0.1) is 32.4 Å². The molecular formula is C17H19F2NO. The molecule has 0 fully saturated rings. The first-order valence-electron chi connectivity index (χ1n) is 6.71. The van der Waals surface area contributed by atoms with Gasteiger partial charge in [-0.25, -0.2) is 8.78 Å². The van der Waals surface area contributed by atoms with Crippen molar-refractivity contribution >= 4 is 0 Å². The van der Waals surface area contributed by atoms with Crippen LogP contribution in [-0.4, -0.2) is 7.11 Å². The number of hydrogen-bond acceptors (Lipinski definition) is 2. The summed E-state index contributed by atoms with van der Waals surface area (Å²) in [6.45, 7) is 5.39. The van der Waals surface area contributed by atoms with Gasteiger partial charge in [0.25, 0.3) is 0 Å². The zero-order chi connectivity index (χ0) is 15.7. The summed E-state index contributed by atoms with van der Waals surface area (Å²) in [5.74, 6) is -0.427. The van der Waals surface area contributed by atoms with Crippen LogP contribution in [0.25, 0.3) is 0 Å². The molecule has 2 aromatic carbocycles. The summed E-state index contributed by atoms with van der Waals surface area (Å²) in [5.41, 5.74) is 9.50. The maximum Gasteiger partial charge on any atom is 0.131 e. The fourth-order valence-electron chi connectivity index (χ4n) is 2.45. The summed E-state index contributed by atoms with van der Waals surface area (Å²) in [6.07, 6.45) is 0. The fraction of sp³-hybridized carbons (Fsp3) is 0.294. The molecule has 0 aliphatic heterocycles. The molecule has 2 N–H and O–H groups in total. The molecule has 0 aliphatic carbocycles. The van der Waals surface area contributed by atoms with Crippen LogP contribution < -0.4 is 10.5 Å². The van der Waals surface area contributed by atoms with E-state index in [4.69, 9.17) is 10.5 Å². The van der Waals surface area contributed by atoms with Gasteiger partial charge >= 0.3 is 0 Å². The van der Waals surface area contributed by atoms with E-state index >= 15 is 0 Å². The van der Waals surface area contributed by atoms with E-state index in [9.17, 15) is 8.78 Å². The maximum atomic E-state index is 14.0. The van der Waals surface area contributed by atoms with Gasteiger partial charge in [-0.05, 0) is 55.2 Å². The summed E-state index contributed by atoms with van der Waals surface area (Å²) >= 11 is 0. The van der Waals surface area contributed by atoms with Crippen molar-refractivity contribution in [3.05, 3.63) is 63.7 Å². The lowest BCUT2D eigenvalue weighted by Gasteiger charge is -2.19. The number of ether oxygens (including phenoxy) is 1. The molecule has 0 amide bonds. The highest BCUT2D eigenvalue weighted by molar-refractivity contribution is 5.46. The van der Waals surface area contributed by atoms with Crippen LogP contribution in [0.1, 0.15) is 33.9 Å². The van der Waals surface area contributed by atoms with Crippen LogP contribution in [0.3, 0.4) is 0 Å². The molecular weight excluding hydrogens is 272 g/mol. The van der Waals surface area contributed by atoms with E-state index in [-0.39, 0.29) is 0 Å². The molecule has 21 heavy (non-hydrogen) atoms. The van der Waals surface area contributed by atoms with Crippen molar-refractivity contribution in [3.63, 3.8) is 0 Å². The topological polar surface area (TPSA) is 35.2 Å². The molecule has 0 saturated carbocycles. The van der Waals surface area contributed by atoms with Crippen LogP contribution in [-0.2, 0) is 0 Å². The van der Waals surface area contributed by atoms with Gasteiger partial charge in [0.05, 0.1) is 13.2 Å². The van der Waals surface area contributed by atoms with E-state index in [1.54, 1.807) is 14.0 Å². The molecule has 4 heteroatoms. The fourth-order valence-corrected chi connectivity index (χ4v) is 2.45. The molecule has 1 unspecified atom stereocenters. The highest BCUT2D eigenvalue weighted by Crippen LogP contribution is 2.30. The molecule has 2 aromatic rings. The molecule has 0 aromatic heterocycles. The first kappa shape index (κ1) is 15.4. The van der Waals surface area contributed by atoms with E-state index in [2.05, 4.69) is 0 Å². The van der Waals surface area contributed by atoms with Crippen molar-refractivity contribution in [2.45, 2.75) is 26.8 Å². The van der Waals surface area contributed by atoms with Gasteiger partial charge in [0.2, 0.25) is 0 Å². The Morgan fingerprint density at radius 2 is 1.48 bits per heavy atom. The number of halogens is 2. The summed E-state index contributed by atoms with van der Waals surface area (Å²) in [4.78, 5) is 0. The number of rotatable bonds is 3. The van der Waals surface area contributed by atoms with E-state index in [0.29, 0.717) is 11.1 Å². The monoisotopic (exact) mass is 291 g/mol. The molecule has 2 rings (SSSR count). The molecule has 0 bridgehead atoms. The van der Waals surface area contributed by atoms with E-state index in [1.165, 1.54) is 6.07 Å². The number of nitrogens with two attached hydrogens (primary N) is 1. The van der Waals surface area contributed by atoms with E-state index in [1.807, 2.05) is 26.0 Å². The van der Waals surface area contributed by atoms with Gasteiger partial charge in [0, 0.05) is 11.6 Å². The lowest BCUT2D eigenvalue weighted by Crippen LogP contribution is -2.16. The van der Waals surface area contributed by atoms with Gasteiger partial charge in [-0.2, -0.15) is 0 Å². The van der Waals surface area contributed by atoms with E-state index < -0.39 is 17.7 Å². The largest absolute Gasteiger partial charge is 0.496 e. The molecule has 0 saturated heterocycles. The second kappa shape index (κ2) is 5.82. The van der Waals surface area contributed by atoms with Crippen molar-refractivity contribution in [3.8, 4) is 5.75 Å². The number of benzene rings is 2. The average Bonchev–Trinajstić information content (AvgIpc) is 2.44. The lowest BCUT2D eigenvalue weighted by atomic mass is 9.92. The quantitative estimate of drug-likeness (QED) is 0.929. The van der Waals surface area contributed by atoms with E-state index in [0.717, 1.165) is 28.5 Å². The minimum atomic E-state index is -0.645. The van der Waals surface area contributed by atoms with Crippen molar-refractivity contribution in [2.24, 2.45) is 5.73 Å². The Hall–Kier alpha value is -1.94.